The molecule has 4 heterocycles. The summed E-state index contributed by atoms with van der Waals surface area (Å²) in [6.45, 7) is 8.22. The van der Waals surface area contributed by atoms with E-state index in [1.807, 2.05) is 49.8 Å². The Morgan fingerprint density at radius 1 is 1.03 bits per heavy atom. The van der Waals surface area contributed by atoms with Crippen molar-refractivity contribution in [2.75, 3.05) is 0 Å². The third kappa shape index (κ3) is 3.35. The van der Waals surface area contributed by atoms with Crippen LogP contribution in [0.5, 0.6) is 0 Å². The van der Waals surface area contributed by atoms with E-state index in [2.05, 4.69) is 41.4 Å². The minimum Gasteiger partial charge on any atom is -0.318 e. The molecular formula is C23H25N5O. The zero-order valence-corrected chi connectivity index (χ0v) is 17.4. The zero-order valence-electron chi connectivity index (χ0n) is 17.4. The molecular weight excluding hydrogens is 362 g/mol. The van der Waals surface area contributed by atoms with Crippen molar-refractivity contribution in [3.05, 3.63) is 76.2 Å². The first-order valence-electron chi connectivity index (χ1n) is 9.83. The second-order valence-corrected chi connectivity index (χ2v) is 7.82. The van der Waals surface area contributed by atoms with Gasteiger partial charge in [-0.15, -0.1) is 0 Å². The quantitative estimate of drug-likeness (QED) is 0.525. The van der Waals surface area contributed by atoms with Crippen molar-refractivity contribution < 1.29 is 0 Å². The highest BCUT2D eigenvalue weighted by Gasteiger charge is 2.21. The van der Waals surface area contributed by atoms with Crippen molar-refractivity contribution in [3.8, 4) is 11.4 Å². The van der Waals surface area contributed by atoms with Gasteiger partial charge >= 0.3 is 0 Å². The van der Waals surface area contributed by atoms with E-state index in [0.29, 0.717) is 11.5 Å². The van der Waals surface area contributed by atoms with E-state index in [1.54, 1.807) is 11.6 Å². The lowest BCUT2D eigenvalue weighted by atomic mass is 10.1. The molecule has 0 N–H and O–H groups in total. The van der Waals surface area contributed by atoms with Gasteiger partial charge in [0.1, 0.15) is 11.3 Å². The van der Waals surface area contributed by atoms with Crippen LogP contribution in [-0.4, -0.2) is 24.1 Å². The molecule has 0 aliphatic rings. The molecule has 0 spiro atoms. The number of aryl methyl sites for hydroxylation is 2. The van der Waals surface area contributed by atoms with Gasteiger partial charge in [0.2, 0.25) is 0 Å². The molecule has 4 aromatic rings. The van der Waals surface area contributed by atoms with Crippen LogP contribution in [0.4, 0.5) is 0 Å². The maximum absolute atomic E-state index is 12.2. The average molecular weight is 387 g/mol. The molecule has 0 aliphatic carbocycles. The number of pyridine rings is 3. The molecule has 0 aromatic carbocycles. The van der Waals surface area contributed by atoms with Gasteiger partial charge in [-0.3, -0.25) is 14.8 Å². The maximum Gasteiger partial charge on any atom is 0.253 e. The zero-order chi connectivity index (χ0) is 20.7. The van der Waals surface area contributed by atoms with Crippen molar-refractivity contribution in [2.24, 2.45) is 7.05 Å². The van der Waals surface area contributed by atoms with Gasteiger partial charge in [0.25, 0.3) is 5.56 Å². The molecule has 4 rings (SSSR count). The Morgan fingerprint density at radius 2 is 1.83 bits per heavy atom. The molecule has 4 aromatic heterocycles. The summed E-state index contributed by atoms with van der Waals surface area (Å²) in [4.78, 5) is 26.3. The normalized spacial score (nSPS) is 12.6. The monoisotopic (exact) mass is 387 g/mol. The van der Waals surface area contributed by atoms with Gasteiger partial charge in [0.05, 0.1) is 23.4 Å². The Bertz CT molecular complexity index is 1210. The first-order chi connectivity index (χ1) is 13.9. The molecule has 0 saturated heterocycles. The smallest absolute Gasteiger partial charge is 0.253 e. The Labute approximate surface area is 169 Å². The molecule has 1 unspecified atom stereocenters. The Morgan fingerprint density at radius 3 is 2.48 bits per heavy atom. The van der Waals surface area contributed by atoms with Crippen LogP contribution in [0.25, 0.3) is 22.4 Å². The number of hydrogen-bond acceptors (Lipinski definition) is 4. The third-order valence-corrected chi connectivity index (χ3v) is 5.31. The van der Waals surface area contributed by atoms with Crippen molar-refractivity contribution in [1.82, 2.24) is 24.1 Å². The van der Waals surface area contributed by atoms with Crippen molar-refractivity contribution >= 4 is 11.0 Å². The van der Waals surface area contributed by atoms with Crippen LogP contribution in [-0.2, 0) is 7.05 Å². The molecule has 1 atom stereocenters. The van der Waals surface area contributed by atoms with E-state index < -0.39 is 0 Å². The summed E-state index contributed by atoms with van der Waals surface area (Å²) in [6.07, 6.45) is 5.49. The highest BCUT2D eigenvalue weighted by molar-refractivity contribution is 5.80. The largest absolute Gasteiger partial charge is 0.318 e. The van der Waals surface area contributed by atoms with E-state index >= 15 is 0 Å². The first kappa shape index (κ1) is 19.1. The van der Waals surface area contributed by atoms with E-state index in [1.165, 1.54) is 0 Å². The average Bonchev–Trinajstić information content (AvgIpc) is 3.10. The molecule has 0 fully saturated rings. The summed E-state index contributed by atoms with van der Waals surface area (Å²) in [5.41, 5.74) is 5.41. The SMILES string of the molecule is Cc1cc(-c2nc3cnc(C(C)C)cc3n2C(C)c2ccccn2)cn(C)c1=O. The molecule has 6 heteroatoms. The number of aromatic nitrogens is 5. The van der Waals surface area contributed by atoms with Gasteiger partial charge in [0, 0.05) is 36.3 Å². The molecule has 0 amide bonds. The fourth-order valence-corrected chi connectivity index (χ4v) is 3.68. The molecule has 0 aliphatic heterocycles. The number of fused-ring (bicyclic) bond motifs is 1. The minimum atomic E-state index is -0.0313. The highest BCUT2D eigenvalue weighted by Crippen LogP contribution is 2.31. The maximum atomic E-state index is 12.2. The van der Waals surface area contributed by atoms with Gasteiger partial charge in [-0.2, -0.15) is 0 Å². The van der Waals surface area contributed by atoms with E-state index in [0.717, 1.165) is 33.8 Å². The molecule has 29 heavy (non-hydrogen) atoms. The Balaban J connectivity index is 2.02. The molecule has 6 nitrogen and oxygen atoms in total. The predicted molar refractivity (Wildman–Crippen MR) is 115 cm³/mol. The topological polar surface area (TPSA) is 65.6 Å². The van der Waals surface area contributed by atoms with Crippen molar-refractivity contribution in [1.29, 1.82) is 0 Å². The third-order valence-electron chi connectivity index (χ3n) is 5.31. The van der Waals surface area contributed by atoms with Crippen LogP contribution >= 0.6 is 0 Å². The molecule has 148 valence electrons. The summed E-state index contributed by atoms with van der Waals surface area (Å²) in [5.74, 6) is 1.12. The van der Waals surface area contributed by atoms with Gasteiger partial charge in [-0.25, -0.2) is 4.98 Å². The number of imidazole rings is 1. The lowest BCUT2D eigenvalue weighted by molar-refractivity contribution is 0.643. The van der Waals surface area contributed by atoms with Gasteiger partial charge in [-0.1, -0.05) is 19.9 Å². The summed E-state index contributed by atoms with van der Waals surface area (Å²) in [5, 5.41) is 0. The van der Waals surface area contributed by atoms with Crippen molar-refractivity contribution in [3.63, 3.8) is 0 Å². The molecule has 0 radical (unpaired) electrons. The Hall–Kier alpha value is -3.28. The van der Waals surface area contributed by atoms with Crippen LogP contribution in [0.3, 0.4) is 0 Å². The van der Waals surface area contributed by atoms with Gasteiger partial charge in [0.15, 0.2) is 0 Å². The van der Waals surface area contributed by atoms with E-state index in [-0.39, 0.29) is 11.6 Å². The molecule has 0 saturated carbocycles. The van der Waals surface area contributed by atoms with Crippen LogP contribution in [0.15, 0.2) is 53.7 Å². The number of nitrogens with zero attached hydrogens (tertiary/aromatic N) is 5. The highest BCUT2D eigenvalue weighted by atomic mass is 16.1. The lowest BCUT2D eigenvalue weighted by Gasteiger charge is -2.18. The van der Waals surface area contributed by atoms with Crippen LogP contribution in [0, 0.1) is 6.92 Å². The fourth-order valence-electron chi connectivity index (χ4n) is 3.68. The second-order valence-electron chi connectivity index (χ2n) is 7.82. The van der Waals surface area contributed by atoms with Crippen LogP contribution < -0.4 is 5.56 Å². The van der Waals surface area contributed by atoms with Gasteiger partial charge in [-0.05, 0) is 44.0 Å². The number of rotatable bonds is 4. The van der Waals surface area contributed by atoms with Gasteiger partial charge < -0.3 is 9.13 Å². The standard InChI is InChI=1S/C23H25N5O/c1-14(2)19-11-21-20(12-25-19)26-22(17-10-15(3)23(29)27(5)13-17)28(21)16(4)18-8-6-7-9-24-18/h6-14,16H,1-5H3. The fraction of sp³-hybridized carbons (Fsp3) is 0.304. The number of hydrogen-bond donors (Lipinski definition) is 0. The predicted octanol–water partition coefficient (Wildman–Crippen LogP) is 4.23. The molecule has 0 bridgehead atoms. The lowest BCUT2D eigenvalue weighted by Crippen LogP contribution is -2.19. The van der Waals surface area contributed by atoms with Crippen LogP contribution in [0.1, 0.15) is 49.7 Å². The summed E-state index contributed by atoms with van der Waals surface area (Å²) >= 11 is 0. The van der Waals surface area contributed by atoms with E-state index in [4.69, 9.17) is 4.98 Å². The van der Waals surface area contributed by atoms with Crippen molar-refractivity contribution in [2.45, 2.75) is 39.7 Å². The summed E-state index contributed by atoms with van der Waals surface area (Å²) < 4.78 is 3.81. The minimum absolute atomic E-state index is 0.00190. The summed E-state index contributed by atoms with van der Waals surface area (Å²) in [6, 6.07) is 9.93. The summed E-state index contributed by atoms with van der Waals surface area (Å²) in [7, 11) is 1.77. The first-order valence-corrected chi connectivity index (χ1v) is 9.83. The second kappa shape index (κ2) is 7.28. The Kier molecular flexibility index (Phi) is 4.78. The van der Waals surface area contributed by atoms with E-state index in [9.17, 15) is 4.79 Å². The van der Waals surface area contributed by atoms with Crippen LogP contribution in [0.2, 0.25) is 0 Å².